The van der Waals surface area contributed by atoms with Crippen LogP contribution in [0.15, 0.2) is 42.5 Å². The first-order valence-corrected chi connectivity index (χ1v) is 8.56. The lowest BCUT2D eigenvalue weighted by molar-refractivity contribution is -0.116. The summed E-state index contributed by atoms with van der Waals surface area (Å²) < 4.78 is 1.06. The van der Waals surface area contributed by atoms with Crippen molar-refractivity contribution in [2.24, 2.45) is 0 Å². The molecule has 1 heterocycles. The molecule has 122 valence electrons. The molecule has 0 spiro atoms. The van der Waals surface area contributed by atoms with Crippen molar-refractivity contribution < 1.29 is 14.4 Å². The Balaban J connectivity index is 1.62. The van der Waals surface area contributed by atoms with Gasteiger partial charge in [0.15, 0.2) is 0 Å². The zero-order chi connectivity index (χ0) is 17.3. The number of rotatable bonds is 4. The number of benzene rings is 2. The molecule has 0 aromatic heterocycles. The van der Waals surface area contributed by atoms with Crippen LogP contribution in [0, 0.1) is 10.5 Å². The summed E-state index contributed by atoms with van der Waals surface area (Å²) in [4.78, 5) is 37.7. The van der Waals surface area contributed by atoms with Crippen LogP contribution in [0.2, 0.25) is 0 Å². The minimum atomic E-state index is -0.340. The first-order chi connectivity index (χ1) is 11.5. The number of halogens is 1. The summed E-state index contributed by atoms with van der Waals surface area (Å²) in [5.41, 5.74) is 2.64. The number of hydrogen-bond acceptors (Lipinski definition) is 3. The number of hydrogen-bond donors (Lipinski definition) is 1. The van der Waals surface area contributed by atoms with Gasteiger partial charge in [0, 0.05) is 22.2 Å². The Bertz CT molecular complexity index is 813. The van der Waals surface area contributed by atoms with Crippen LogP contribution in [0.1, 0.15) is 32.7 Å². The van der Waals surface area contributed by atoms with Crippen molar-refractivity contribution in [1.29, 1.82) is 0 Å². The Labute approximate surface area is 153 Å². The lowest BCUT2D eigenvalue weighted by Crippen LogP contribution is -2.32. The van der Waals surface area contributed by atoms with Gasteiger partial charge in [-0.05, 0) is 59.3 Å². The van der Waals surface area contributed by atoms with Gasteiger partial charge in [-0.1, -0.05) is 18.2 Å². The Morgan fingerprint density at radius 3 is 2.29 bits per heavy atom. The molecule has 2 aromatic rings. The van der Waals surface area contributed by atoms with Crippen LogP contribution in [0.3, 0.4) is 0 Å². The fourth-order valence-corrected chi connectivity index (χ4v) is 3.06. The first kappa shape index (κ1) is 16.6. The monoisotopic (exact) mass is 434 g/mol. The number of anilines is 1. The van der Waals surface area contributed by atoms with Crippen LogP contribution in [-0.2, 0) is 4.79 Å². The largest absolute Gasteiger partial charge is 0.326 e. The predicted octanol–water partition coefficient (Wildman–Crippen LogP) is 3.22. The number of carbonyl (C=O) groups excluding carboxylic acids is 3. The van der Waals surface area contributed by atoms with Crippen LogP contribution >= 0.6 is 22.6 Å². The summed E-state index contributed by atoms with van der Waals surface area (Å²) in [6, 6.07) is 12.3. The SMILES string of the molecule is Cc1ccc(NC(=O)CCN2C(=O)c3ccccc3C2=O)cc1I. The molecule has 24 heavy (non-hydrogen) atoms. The van der Waals surface area contributed by atoms with E-state index < -0.39 is 0 Å². The third-order valence-electron chi connectivity index (χ3n) is 3.90. The van der Waals surface area contributed by atoms with Gasteiger partial charge in [-0.3, -0.25) is 19.3 Å². The van der Waals surface area contributed by atoms with Gasteiger partial charge in [-0.2, -0.15) is 0 Å². The Kier molecular flexibility index (Phi) is 4.66. The van der Waals surface area contributed by atoms with Gasteiger partial charge in [0.25, 0.3) is 11.8 Å². The van der Waals surface area contributed by atoms with Crippen molar-refractivity contribution in [1.82, 2.24) is 4.90 Å². The van der Waals surface area contributed by atoms with Crippen molar-refractivity contribution in [3.63, 3.8) is 0 Å². The smallest absolute Gasteiger partial charge is 0.261 e. The van der Waals surface area contributed by atoms with E-state index in [1.807, 2.05) is 25.1 Å². The Morgan fingerprint density at radius 1 is 1.08 bits per heavy atom. The minimum Gasteiger partial charge on any atom is -0.326 e. The van der Waals surface area contributed by atoms with E-state index in [-0.39, 0.29) is 30.7 Å². The highest BCUT2D eigenvalue weighted by atomic mass is 127. The number of fused-ring (bicyclic) bond motifs is 1. The van der Waals surface area contributed by atoms with Gasteiger partial charge in [0.2, 0.25) is 5.91 Å². The summed E-state index contributed by atoms with van der Waals surface area (Å²) in [5.74, 6) is -0.909. The highest BCUT2D eigenvalue weighted by Crippen LogP contribution is 2.22. The van der Waals surface area contributed by atoms with Crippen LogP contribution in [0.4, 0.5) is 5.69 Å². The van der Waals surface area contributed by atoms with Crippen LogP contribution < -0.4 is 5.32 Å². The second-order valence-corrected chi connectivity index (χ2v) is 6.73. The summed E-state index contributed by atoms with van der Waals surface area (Å²) in [6.07, 6.45) is 0.0654. The maximum atomic E-state index is 12.2. The topological polar surface area (TPSA) is 66.5 Å². The molecule has 3 amide bonds. The predicted molar refractivity (Wildman–Crippen MR) is 99.0 cm³/mol. The Hall–Kier alpha value is -2.22. The molecule has 5 nitrogen and oxygen atoms in total. The number of nitrogens with one attached hydrogen (secondary N) is 1. The van der Waals surface area contributed by atoms with Crippen LogP contribution in [0.5, 0.6) is 0 Å². The molecule has 1 N–H and O–H groups in total. The second-order valence-electron chi connectivity index (χ2n) is 5.57. The fourth-order valence-electron chi connectivity index (χ4n) is 2.55. The molecule has 0 unspecified atom stereocenters. The molecule has 0 atom stereocenters. The van der Waals surface area contributed by atoms with Crippen molar-refractivity contribution in [2.75, 3.05) is 11.9 Å². The molecule has 1 aliphatic heterocycles. The van der Waals surface area contributed by atoms with Gasteiger partial charge in [-0.15, -0.1) is 0 Å². The fraction of sp³-hybridized carbons (Fsp3) is 0.167. The summed E-state index contributed by atoms with van der Waals surface area (Å²) in [5, 5.41) is 2.79. The molecular formula is C18H15IN2O3. The number of carbonyl (C=O) groups is 3. The molecule has 0 saturated carbocycles. The molecular weight excluding hydrogens is 419 g/mol. The molecule has 1 aliphatic rings. The second kappa shape index (κ2) is 6.72. The van der Waals surface area contributed by atoms with Gasteiger partial charge in [0.05, 0.1) is 11.1 Å². The normalized spacial score (nSPS) is 13.2. The number of aryl methyl sites for hydroxylation is 1. The number of nitrogens with zero attached hydrogens (tertiary/aromatic N) is 1. The average Bonchev–Trinajstić information content (AvgIpc) is 2.81. The maximum Gasteiger partial charge on any atom is 0.261 e. The molecule has 0 aliphatic carbocycles. The molecule has 0 bridgehead atoms. The zero-order valence-corrected chi connectivity index (χ0v) is 15.2. The number of amides is 3. The van der Waals surface area contributed by atoms with E-state index in [1.54, 1.807) is 24.3 Å². The van der Waals surface area contributed by atoms with E-state index in [9.17, 15) is 14.4 Å². The summed E-state index contributed by atoms with van der Waals surface area (Å²) in [7, 11) is 0. The summed E-state index contributed by atoms with van der Waals surface area (Å²) in [6.45, 7) is 2.07. The molecule has 0 fully saturated rings. The lowest BCUT2D eigenvalue weighted by Gasteiger charge is -2.13. The molecule has 2 aromatic carbocycles. The molecule has 6 heteroatoms. The third-order valence-corrected chi connectivity index (χ3v) is 5.06. The molecule has 0 saturated heterocycles. The lowest BCUT2D eigenvalue weighted by atomic mass is 10.1. The minimum absolute atomic E-state index is 0.0654. The van der Waals surface area contributed by atoms with Crippen molar-refractivity contribution in [3.8, 4) is 0 Å². The van der Waals surface area contributed by atoms with E-state index in [1.165, 1.54) is 0 Å². The van der Waals surface area contributed by atoms with Gasteiger partial charge >= 0.3 is 0 Å². The Morgan fingerprint density at radius 2 is 1.71 bits per heavy atom. The standard InChI is InChI=1S/C18H15IN2O3/c1-11-6-7-12(10-15(11)19)20-16(22)8-9-21-17(23)13-4-2-3-5-14(13)18(21)24/h2-7,10H,8-9H2,1H3,(H,20,22). The van der Waals surface area contributed by atoms with Crippen molar-refractivity contribution >= 4 is 46.0 Å². The van der Waals surface area contributed by atoms with Crippen LogP contribution in [0.25, 0.3) is 0 Å². The highest BCUT2D eigenvalue weighted by Gasteiger charge is 2.34. The van der Waals surface area contributed by atoms with Gasteiger partial charge < -0.3 is 5.32 Å². The average molecular weight is 434 g/mol. The van der Waals surface area contributed by atoms with E-state index in [2.05, 4.69) is 27.9 Å². The van der Waals surface area contributed by atoms with E-state index >= 15 is 0 Å². The quantitative estimate of drug-likeness (QED) is 0.594. The van der Waals surface area contributed by atoms with Crippen LogP contribution in [-0.4, -0.2) is 29.2 Å². The van der Waals surface area contributed by atoms with Crippen molar-refractivity contribution in [3.05, 3.63) is 62.7 Å². The van der Waals surface area contributed by atoms with Crippen molar-refractivity contribution in [2.45, 2.75) is 13.3 Å². The molecule has 0 radical (unpaired) electrons. The highest BCUT2D eigenvalue weighted by molar-refractivity contribution is 14.1. The zero-order valence-electron chi connectivity index (χ0n) is 13.0. The van der Waals surface area contributed by atoms with Gasteiger partial charge in [0.1, 0.15) is 0 Å². The first-order valence-electron chi connectivity index (χ1n) is 7.48. The van der Waals surface area contributed by atoms with E-state index in [0.29, 0.717) is 16.8 Å². The maximum absolute atomic E-state index is 12.2. The summed E-state index contributed by atoms with van der Waals surface area (Å²) >= 11 is 2.21. The van der Waals surface area contributed by atoms with E-state index in [0.717, 1.165) is 14.0 Å². The van der Waals surface area contributed by atoms with E-state index in [4.69, 9.17) is 0 Å². The number of imide groups is 1. The van der Waals surface area contributed by atoms with Gasteiger partial charge in [-0.25, -0.2) is 0 Å². The third kappa shape index (κ3) is 3.19. The molecule has 3 rings (SSSR count).